The molecular weight excluding hydrogens is 256 g/mol. The first-order valence-corrected chi connectivity index (χ1v) is 6.88. The van der Waals surface area contributed by atoms with Gasteiger partial charge in [0.1, 0.15) is 5.75 Å². The van der Waals surface area contributed by atoms with Gasteiger partial charge in [-0.2, -0.15) is 0 Å². The summed E-state index contributed by atoms with van der Waals surface area (Å²) in [7, 11) is 0. The van der Waals surface area contributed by atoms with Crippen LogP contribution in [0.2, 0.25) is 0 Å². The van der Waals surface area contributed by atoms with Crippen LogP contribution in [0, 0.1) is 0 Å². The van der Waals surface area contributed by atoms with E-state index in [0.717, 1.165) is 6.42 Å². The summed E-state index contributed by atoms with van der Waals surface area (Å²) in [5.41, 5.74) is 6.19. The lowest BCUT2D eigenvalue weighted by Gasteiger charge is -2.07. The number of carbonyl (C=O) groups excluding carboxylic acids is 2. The molecule has 0 atom stereocenters. The SMILES string of the molecule is CCCCCc1ccc(OCC(=O)NCC(N)=O)cc1. The number of primary amides is 1. The third-order valence-electron chi connectivity index (χ3n) is 2.82. The molecule has 0 heterocycles. The van der Waals surface area contributed by atoms with Crippen LogP contribution in [-0.2, 0) is 16.0 Å². The van der Waals surface area contributed by atoms with Crippen LogP contribution < -0.4 is 15.8 Å². The lowest BCUT2D eigenvalue weighted by Crippen LogP contribution is -2.36. The average Bonchev–Trinajstić information content (AvgIpc) is 2.44. The van der Waals surface area contributed by atoms with E-state index < -0.39 is 5.91 Å². The second-order valence-electron chi connectivity index (χ2n) is 4.63. The number of rotatable bonds is 9. The summed E-state index contributed by atoms with van der Waals surface area (Å²) in [6.45, 7) is 1.89. The summed E-state index contributed by atoms with van der Waals surface area (Å²) in [5.74, 6) is -0.302. The Morgan fingerprint density at radius 3 is 2.50 bits per heavy atom. The van der Waals surface area contributed by atoms with E-state index in [-0.39, 0.29) is 19.1 Å². The molecule has 0 aliphatic rings. The zero-order chi connectivity index (χ0) is 14.8. The first-order valence-electron chi connectivity index (χ1n) is 6.88. The topological polar surface area (TPSA) is 81.4 Å². The smallest absolute Gasteiger partial charge is 0.258 e. The Labute approximate surface area is 119 Å². The van der Waals surface area contributed by atoms with Gasteiger partial charge >= 0.3 is 0 Å². The van der Waals surface area contributed by atoms with Crippen LogP contribution >= 0.6 is 0 Å². The lowest BCUT2D eigenvalue weighted by atomic mass is 10.1. The molecule has 5 heteroatoms. The summed E-state index contributed by atoms with van der Waals surface area (Å²) in [6, 6.07) is 7.71. The molecule has 5 nitrogen and oxygen atoms in total. The summed E-state index contributed by atoms with van der Waals surface area (Å²) >= 11 is 0. The number of nitrogens with two attached hydrogens (primary N) is 1. The van der Waals surface area contributed by atoms with Crippen molar-refractivity contribution in [2.24, 2.45) is 5.73 Å². The summed E-state index contributed by atoms with van der Waals surface area (Å²) in [6.07, 6.45) is 4.69. The Kier molecular flexibility index (Phi) is 7.17. The maximum absolute atomic E-state index is 11.3. The van der Waals surface area contributed by atoms with Crippen molar-refractivity contribution in [1.29, 1.82) is 0 Å². The van der Waals surface area contributed by atoms with Gasteiger partial charge in [-0.25, -0.2) is 0 Å². The molecule has 0 saturated heterocycles. The van der Waals surface area contributed by atoms with Crippen LogP contribution in [0.1, 0.15) is 31.7 Å². The van der Waals surface area contributed by atoms with Crippen LogP contribution in [0.3, 0.4) is 0 Å². The monoisotopic (exact) mass is 278 g/mol. The van der Waals surface area contributed by atoms with Crippen molar-refractivity contribution in [2.45, 2.75) is 32.6 Å². The number of hydrogen-bond donors (Lipinski definition) is 2. The minimum atomic E-state index is -0.574. The van der Waals surface area contributed by atoms with E-state index in [4.69, 9.17) is 10.5 Å². The molecule has 0 unspecified atom stereocenters. The van der Waals surface area contributed by atoms with Gasteiger partial charge in [0, 0.05) is 0 Å². The highest BCUT2D eigenvalue weighted by atomic mass is 16.5. The number of amides is 2. The van der Waals surface area contributed by atoms with Crippen molar-refractivity contribution in [3.8, 4) is 5.75 Å². The molecule has 0 aromatic heterocycles. The average molecular weight is 278 g/mol. The fourth-order valence-corrected chi connectivity index (χ4v) is 1.72. The first kappa shape index (κ1) is 16.0. The molecule has 0 spiro atoms. The summed E-state index contributed by atoms with van der Waals surface area (Å²) in [4.78, 5) is 21.8. The van der Waals surface area contributed by atoms with Gasteiger partial charge in [0.05, 0.1) is 6.54 Å². The number of hydrogen-bond acceptors (Lipinski definition) is 3. The second kappa shape index (κ2) is 8.96. The van der Waals surface area contributed by atoms with Gasteiger partial charge in [-0.3, -0.25) is 9.59 Å². The van der Waals surface area contributed by atoms with E-state index in [9.17, 15) is 9.59 Å². The Morgan fingerprint density at radius 1 is 1.20 bits per heavy atom. The molecule has 0 fully saturated rings. The van der Waals surface area contributed by atoms with Crippen LogP contribution in [-0.4, -0.2) is 25.0 Å². The molecule has 1 aromatic carbocycles. The molecular formula is C15H22N2O3. The van der Waals surface area contributed by atoms with Gasteiger partial charge in [0.2, 0.25) is 5.91 Å². The predicted molar refractivity (Wildman–Crippen MR) is 77.4 cm³/mol. The Bertz CT molecular complexity index is 429. The van der Waals surface area contributed by atoms with Crippen molar-refractivity contribution >= 4 is 11.8 Å². The van der Waals surface area contributed by atoms with E-state index in [0.29, 0.717) is 5.75 Å². The summed E-state index contributed by atoms with van der Waals surface area (Å²) in [5, 5.41) is 2.36. The van der Waals surface area contributed by atoms with Crippen LogP contribution in [0.4, 0.5) is 0 Å². The zero-order valence-corrected chi connectivity index (χ0v) is 11.9. The van der Waals surface area contributed by atoms with Crippen molar-refractivity contribution in [3.63, 3.8) is 0 Å². The van der Waals surface area contributed by atoms with Crippen molar-refractivity contribution < 1.29 is 14.3 Å². The van der Waals surface area contributed by atoms with Crippen molar-refractivity contribution in [2.75, 3.05) is 13.2 Å². The predicted octanol–water partition coefficient (Wildman–Crippen LogP) is 1.40. The molecule has 0 bridgehead atoms. The largest absolute Gasteiger partial charge is 0.484 e. The molecule has 0 aliphatic carbocycles. The normalized spacial score (nSPS) is 10.1. The molecule has 0 aliphatic heterocycles. The Hall–Kier alpha value is -2.04. The second-order valence-corrected chi connectivity index (χ2v) is 4.63. The van der Waals surface area contributed by atoms with Gasteiger partial charge in [-0.15, -0.1) is 0 Å². The number of benzene rings is 1. The highest BCUT2D eigenvalue weighted by Crippen LogP contribution is 2.14. The Balaban J connectivity index is 2.30. The zero-order valence-electron chi connectivity index (χ0n) is 11.9. The highest BCUT2D eigenvalue weighted by molar-refractivity contribution is 5.84. The van der Waals surface area contributed by atoms with E-state index in [2.05, 4.69) is 12.2 Å². The van der Waals surface area contributed by atoms with Gasteiger partial charge in [-0.05, 0) is 30.5 Å². The number of unbranched alkanes of at least 4 members (excludes halogenated alkanes) is 2. The van der Waals surface area contributed by atoms with Crippen LogP contribution in [0.15, 0.2) is 24.3 Å². The summed E-state index contributed by atoms with van der Waals surface area (Å²) < 4.78 is 5.32. The van der Waals surface area contributed by atoms with Gasteiger partial charge in [-0.1, -0.05) is 31.9 Å². The standard InChI is InChI=1S/C15H22N2O3/c1-2-3-4-5-12-6-8-13(9-7-12)20-11-15(19)17-10-14(16)18/h6-9H,2-5,10-11H2,1H3,(H2,16,18)(H,17,19). The highest BCUT2D eigenvalue weighted by Gasteiger charge is 2.04. The number of ether oxygens (including phenoxy) is 1. The van der Waals surface area contributed by atoms with Gasteiger partial charge < -0.3 is 15.8 Å². The fraction of sp³-hybridized carbons (Fsp3) is 0.467. The van der Waals surface area contributed by atoms with E-state index in [1.165, 1.54) is 24.8 Å². The Morgan fingerprint density at radius 2 is 1.90 bits per heavy atom. The van der Waals surface area contributed by atoms with Crippen molar-refractivity contribution in [3.05, 3.63) is 29.8 Å². The van der Waals surface area contributed by atoms with Gasteiger partial charge in [0.15, 0.2) is 6.61 Å². The fourth-order valence-electron chi connectivity index (χ4n) is 1.72. The molecule has 0 radical (unpaired) electrons. The first-order chi connectivity index (χ1) is 9.61. The third-order valence-corrected chi connectivity index (χ3v) is 2.82. The molecule has 2 amide bonds. The molecule has 20 heavy (non-hydrogen) atoms. The molecule has 110 valence electrons. The lowest BCUT2D eigenvalue weighted by molar-refractivity contribution is -0.126. The molecule has 0 saturated carbocycles. The quantitative estimate of drug-likeness (QED) is 0.670. The number of carbonyl (C=O) groups is 2. The number of aryl methyl sites for hydroxylation is 1. The van der Waals surface area contributed by atoms with E-state index in [1.807, 2.05) is 24.3 Å². The van der Waals surface area contributed by atoms with Crippen LogP contribution in [0.5, 0.6) is 5.75 Å². The molecule has 1 rings (SSSR count). The van der Waals surface area contributed by atoms with Crippen molar-refractivity contribution in [1.82, 2.24) is 5.32 Å². The molecule has 1 aromatic rings. The molecule has 3 N–H and O–H groups in total. The minimum absolute atomic E-state index is 0.123. The minimum Gasteiger partial charge on any atom is -0.484 e. The van der Waals surface area contributed by atoms with Crippen LogP contribution in [0.25, 0.3) is 0 Å². The number of nitrogens with one attached hydrogen (secondary N) is 1. The maximum Gasteiger partial charge on any atom is 0.258 e. The third kappa shape index (κ3) is 6.78. The maximum atomic E-state index is 11.3. The van der Waals surface area contributed by atoms with E-state index >= 15 is 0 Å². The van der Waals surface area contributed by atoms with Gasteiger partial charge in [0.25, 0.3) is 5.91 Å². The van der Waals surface area contributed by atoms with E-state index in [1.54, 1.807) is 0 Å².